The Hall–Kier alpha value is -2.70. The van der Waals surface area contributed by atoms with Gasteiger partial charge in [-0.15, -0.1) is 0 Å². The minimum Gasteiger partial charge on any atom is -0.304 e. The second-order valence-electron chi connectivity index (χ2n) is 3.84. The van der Waals surface area contributed by atoms with Crippen LogP contribution in [-0.4, -0.2) is 6.03 Å². The van der Waals surface area contributed by atoms with Crippen LogP contribution >= 0.6 is 0 Å². The van der Waals surface area contributed by atoms with E-state index in [9.17, 15) is 18.0 Å². The lowest BCUT2D eigenvalue weighted by atomic mass is 10.3. The summed E-state index contributed by atoms with van der Waals surface area (Å²) >= 11 is 0. The molecule has 0 heterocycles. The van der Waals surface area contributed by atoms with E-state index in [0.717, 1.165) is 12.1 Å². The van der Waals surface area contributed by atoms with E-state index < -0.39 is 23.5 Å². The number of rotatable bonds is 3. The van der Waals surface area contributed by atoms with Gasteiger partial charge in [-0.25, -0.2) is 18.0 Å². The molecule has 4 nitrogen and oxygen atoms in total. The van der Waals surface area contributed by atoms with Gasteiger partial charge < -0.3 is 5.32 Å². The van der Waals surface area contributed by atoms with Crippen molar-refractivity contribution in [1.29, 1.82) is 0 Å². The van der Waals surface area contributed by atoms with Crippen molar-refractivity contribution in [1.82, 2.24) is 5.43 Å². The normalized spacial score (nSPS) is 9.95. The van der Waals surface area contributed by atoms with Crippen LogP contribution < -0.4 is 16.2 Å². The lowest BCUT2D eigenvalue weighted by molar-refractivity contribution is 0.253. The van der Waals surface area contributed by atoms with Gasteiger partial charge in [-0.1, -0.05) is 0 Å². The first-order valence-corrected chi connectivity index (χ1v) is 5.58. The summed E-state index contributed by atoms with van der Waals surface area (Å²) in [6.45, 7) is 0. The molecule has 0 bridgehead atoms. The van der Waals surface area contributed by atoms with Crippen LogP contribution in [0.15, 0.2) is 42.5 Å². The fourth-order valence-electron chi connectivity index (χ4n) is 1.41. The van der Waals surface area contributed by atoms with Crippen molar-refractivity contribution in [2.45, 2.75) is 0 Å². The van der Waals surface area contributed by atoms with Crippen LogP contribution in [0.1, 0.15) is 0 Å². The smallest absolute Gasteiger partial charge is 0.304 e. The molecule has 0 aliphatic rings. The van der Waals surface area contributed by atoms with Crippen LogP contribution in [0.3, 0.4) is 0 Å². The predicted molar refractivity (Wildman–Crippen MR) is 68.5 cm³/mol. The molecule has 104 valence electrons. The van der Waals surface area contributed by atoms with Crippen molar-refractivity contribution in [2.24, 2.45) is 0 Å². The number of urea groups is 1. The van der Waals surface area contributed by atoms with E-state index in [2.05, 4.69) is 16.2 Å². The Morgan fingerprint density at radius 1 is 0.900 bits per heavy atom. The number of benzene rings is 2. The summed E-state index contributed by atoms with van der Waals surface area (Å²) in [5.74, 6) is -2.03. The molecule has 20 heavy (non-hydrogen) atoms. The zero-order chi connectivity index (χ0) is 14.5. The summed E-state index contributed by atoms with van der Waals surface area (Å²) in [4.78, 5) is 11.5. The van der Waals surface area contributed by atoms with E-state index in [0.29, 0.717) is 11.8 Å². The number of hydrogen-bond acceptors (Lipinski definition) is 2. The average Bonchev–Trinajstić information content (AvgIpc) is 2.41. The lowest BCUT2D eigenvalue weighted by Crippen LogP contribution is -2.33. The Morgan fingerprint density at radius 2 is 1.55 bits per heavy atom. The van der Waals surface area contributed by atoms with Crippen molar-refractivity contribution < 1.29 is 18.0 Å². The topological polar surface area (TPSA) is 53.2 Å². The van der Waals surface area contributed by atoms with Gasteiger partial charge in [-0.05, 0) is 36.4 Å². The quantitative estimate of drug-likeness (QED) is 0.756. The second kappa shape index (κ2) is 5.96. The highest BCUT2D eigenvalue weighted by atomic mass is 19.1. The molecule has 0 unspecified atom stereocenters. The highest BCUT2D eigenvalue weighted by Gasteiger charge is 2.07. The van der Waals surface area contributed by atoms with Crippen molar-refractivity contribution in [2.75, 3.05) is 10.7 Å². The van der Waals surface area contributed by atoms with Crippen LogP contribution in [0.4, 0.5) is 29.3 Å². The molecule has 2 aromatic carbocycles. The number of amides is 2. The lowest BCUT2D eigenvalue weighted by Gasteiger charge is -2.10. The maximum atomic E-state index is 13.3. The van der Waals surface area contributed by atoms with Crippen molar-refractivity contribution >= 4 is 17.4 Å². The SMILES string of the molecule is O=C(NNc1ccc(F)cc1)Nc1ccc(F)cc1F. The second-order valence-corrected chi connectivity index (χ2v) is 3.84. The van der Waals surface area contributed by atoms with E-state index in [1.807, 2.05) is 0 Å². The number of halogens is 3. The number of carbonyl (C=O) groups is 1. The van der Waals surface area contributed by atoms with Crippen molar-refractivity contribution in [3.63, 3.8) is 0 Å². The first kappa shape index (κ1) is 13.7. The third-order valence-electron chi connectivity index (χ3n) is 2.34. The van der Waals surface area contributed by atoms with Gasteiger partial charge in [0.25, 0.3) is 0 Å². The van der Waals surface area contributed by atoms with Crippen LogP contribution in [0.5, 0.6) is 0 Å². The molecule has 0 fully saturated rings. The molecule has 2 aromatic rings. The summed E-state index contributed by atoms with van der Waals surface area (Å²) in [7, 11) is 0. The molecule has 0 saturated carbocycles. The van der Waals surface area contributed by atoms with Crippen LogP contribution in [0.25, 0.3) is 0 Å². The minimum absolute atomic E-state index is 0.162. The van der Waals surface area contributed by atoms with Crippen molar-refractivity contribution in [3.05, 3.63) is 59.9 Å². The Labute approximate surface area is 112 Å². The van der Waals surface area contributed by atoms with Crippen molar-refractivity contribution in [3.8, 4) is 0 Å². The Kier molecular flexibility index (Phi) is 4.09. The summed E-state index contributed by atoms with van der Waals surface area (Å²) in [6, 6.07) is 7.27. The Morgan fingerprint density at radius 3 is 2.20 bits per heavy atom. The molecule has 0 atom stereocenters. The molecule has 3 N–H and O–H groups in total. The molecular weight excluding hydrogens is 271 g/mol. The van der Waals surface area contributed by atoms with E-state index in [4.69, 9.17) is 0 Å². The highest BCUT2D eigenvalue weighted by Crippen LogP contribution is 2.14. The molecule has 2 amide bonds. The van der Waals surface area contributed by atoms with Crippen LogP contribution in [-0.2, 0) is 0 Å². The molecular formula is C13H10F3N3O. The molecule has 0 saturated heterocycles. The molecule has 0 aliphatic heterocycles. The summed E-state index contributed by atoms with van der Waals surface area (Å²) in [5.41, 5.74) is 5.01. The van der Waals surface area contributed by atoms with E-state index >= 15 is 0 Å². The van der Waals surface area contributed by atoms with Crippen LogP contribution in [0, 0.1) is 17.5 Å². The molecule has 0 spiro atoms. The summed E-state index contributed by atoms with van der Waals surface area (Å²) in [6.07, 6.45) is 0. The van der Waals surface area contributed by atoms with Gasteiger partial charge >= 0.3 is 6.03 Å². The van der Waals surface area contributed by atoms with Gasteiger partial charge in [0, 0.05) is 6.07 Å². The summed E-state index contributed by atoms with van der Waals surface area (Å²) in [5, 5.41) is 2.19. The Bertz CT molecular complexity index is 617. The number of anilines is 2. The summed E-state index contributed by atoms with van der Waals surface area (Å²) < 4.78 is 38.6. The highest BCUT2D eigenvalue weighted by molar-refractivity contribution is 5.90. The largest absolute Gasteiger partial charge is 0.337 e. The zero-order valence-corrected chi connectivity index (χ0v) is 10.1. The zero-order valence-electron chi connectivity index (χ0n) is 10.1. The van der Waals surface area contributed by atoms with Gasteiger partial charge in [0.2, 0.25) is 0 Å². The average molecular weight is 281 g/mol. The fraction of sp³-hybridized carbons (Fsp3) is 0. The first-order valence-electron chi connectivity index (χ1n) is 5.58. The molecule has 0 aromatic heterocycles. The third kappa shape index (κ3) is 3.64. The number of carbonyl (C=O) groups excluding carboxylic acids is 1. The molecule has 7 heteroatoms. The van der Waals surface area contributed by atoms with E-state index in [1.54, 1.807) is 0 Å². The molecule has 0 aliphatic carbocycles. The van der Waals surface area contributed by atoms with E-state index in [-0.39, 0.29) is 5.69 Å². The molecule has 2 rings (SSSR count). The molecule has 0 radical (unpaired) electrons. The van der Waals surface area contributed by atoms with Gasteiger partial charge in [-0.3, -0.25) is 10.9 Å². The third-order valence-corrected chi connectivity index (χ3v) is 2.34. The minimum atomic E-state index is -0.887. The standard InChI is InChI=1S/C13H10F3N3O/c14-8-1-4-10(5-2-8)18-19-13(20)17-12-6-3-9(15)7-11(12)16/h1-7,18H,(H2,17,19,20). The Balaban J connectivity index is 1.90. The number of hydrazine groups is 1. The fourth-order valence-corrected chi connectivity index (χ4v) is 1.41. The first-order chi connectivity index (χ1) is 9.54. The predicted octanol–water partition coefficient (Wildman–Crippen LogP) is 3.25. The number of hydrogen-bond donors (Lipinski definition) is 3. The van der Waals surface area contributed by atoms with Crippen LogP contribution in [0.2, 0.25) is 0 Å². The van der Waals surface area contributed by atoms with Gasteiger partial charge in [0.1, 0.15) is 17.5 Å². The van der Waals surface area contributed by atoms with Gasteiger partial charge in [0.05, 0.1) is 11.4 Å². The monoisotopic (exact) mass is 281 g/mol. The maximum Gasteiger partial charge on any atom is 0.337 e. The van der Waals surface area contributed by atoms with E-state index in [1.165, 1.54) is 24.3 Å². The maximum absolute atomic E-state index is 13.3. The number of nitrogens with one attached hydrogen (secondary N) is 3. The van der Waals surface area contributed by atoms with Gasteiger partial charge in [-0.2, -0.15) is 0 Å². The van der Waals surface area contributed by atoms with Gasteiger partial charge in [0.15, 0.2) is 0 Å².